The molecule has 0 radical (unpaired) electrons. The fourth-order valence-corrected chi connectivity index (χ4v) is 2.73. The van der Waals surface area contributed by atoms with E-state index in [0.29, 0.717) is 6.42 Å². The van der Waals surface area contributed by atoms with Gasteiger partial charge in [-0.25, -0.2) is 4.79 Å². The summed E-state index contributed by atoms with van der Waals surface area (Å²) < 4.78 is 0. The Bertz CT molecular complexity index is 751. The van der Waals surface area contributed by atoms with Crippen molar-refractivity contribution in [2.45, 2.75) is 57.7 Å². The molecule has 2 amide bonds. The number of phenolic OH excluding ortho intramolecular Hbond substituents is 1. The highest BCUT2D eigenvalue weighted by Gasteiger charge is 2.31. The summed E-state index contributed by atoms with van der Waals surface area (Å²) >= 11 is 0. The second-order valence-electron chi connectivity index (χ2n) is 7.18. The van der Waals surface area contributed by atoms with Crippen LogP contribution in [0.1, 0.15) is 38.7 Å². The molecule has 0 aliphatic heterocycles. The normalized spacial score (nSPS) is 14.8. The lowest BCUT2D eigenvalue weighted by Gasteiger charge is -2.26. The molecule has 0 saturated carbocycles. The Kier molecular flexibility index (Phi) is 9.76. The molecule has 30 heavy (non-hydrogen) atoms. The fourth-order valence-electron chi connectivity index (χ4n) is 2.73. The van der Waals surface area contributed by atoms with Crippen LogP contribution in [0.4, 0.5) is 0 Å². The van der Waals surface area contributed by atoms with Crippen molar-refractivity contribution in [2.75, 3.05) is 0 Å². The van der Waals surface area contributed by atoms with Crippen LogP contribution in [-0.2, 0) is 25.6 Å². The summed E-state index contributed by atoms with van der Waals surface area (Å²) in [5.41, 5.74) is 6.66. The van der Waals surface area contributed by atoms with E-state index >= 15 is 0 Å². The van der Waals surface area contributed by atoms with Crippen LogP contribution in [0, 0.1) is 5.92 Å². The van der Waals surface area contributed by atoms with Crippen LogP contribution >= 0.6 is 0 Å². The number of hydrogen-bond donors (Lipinski definition) is 6. The zero-order chi connectivity index (χ0) is 22.8. The quantitative estimate of drug-likeness (QED) is 0.276. The van der Waals surface area contributed by atoms with Crippen molar-refractivity contribution in [1.82, 2.24) is 10.6 Å². The monoisotopic (exact) mass is 423 g/mol. The molecule has 0 aliphatic carbocycles. The van der Waals surface area contributed by atoms with Gasteiger partial charge >= 0.3 is 11.9 Å². The number of rotatable bonds is 12. The lowest BCUT2D eigenvalue weighted by molar-refractivity contribution is -0.143. The van der Waals surface area contributed by atoms with Gasteiger partial charge in [-0.15, -0.1) is 0 Å². The van der Waals surface area contributed by atoms with E-state index in [4.69, 9.17) is 10.8 Å². The van der Waals surface area contributed by atoms with Gasteiger partial charge in [-0.2, -0.15) is 0 Å². The number of nitrogens with one attached hydrogen (secondary N) is 2. The number of benzene rings is 1. The maximum atomic E-state index is 12.7. The van der Waals surface area contributed by atoms with Gasteiger partial charge in [0.1, 0.15) is 17.8 Å². The second-order valence-corrected chi connectivity index (χ2v) is 7.18. The Hall–Kier alpha value is -3.14. The lowest BCUT2D eigenvalue weighted by Crippen LogP contribution is -2.57. The molecular weight excluding hydrogens is 394 g/mol. The minimum atomic E-state index is -1.39. The molecule has 1 aromatic carbocycles. The van der Waals surface area contributed by atoms with Crippen molar-refractivity contribution >= 4 is 23.8 Å². The zero-order valence-electron chi connectivity index (χ0n) is 17.0. The predicted octanol–water partition coefficient (Wildman–Crippen LogP) is 0.227. The molecule has 7 N–H and O–H groups in total. The van der Waals surface area contributed by atoms with E-state index in [1.54, 1.807) is 19.1 Å². The summed E-state index contributed by atoms with van der Waals surface area (Å²) in [7, 11) is 0. The van der Waals surface area contributed by atoms with Gasteiger partial charge in [0, 0.05) is 6.42 Å². The summed E-state index contributed by atoms with van der Waals surface area (Å²) in [6.45, 7) is 3.54. The van der Waals surface area contributed by atoms with Crippen LogP contribution < -0.4 is 16.4 Å². The third-order valence-electron chi connectivity index (χ3n) is 4.78. The number of aliphatic carboxylic acids is 2. The van der Waals surface area contributed by atoms with Crippen molar-refractivity contribution in [3.63, 3.8) is 0 Å². The van der Waals surface area contributed by atoms with E-state index < -0.39 is 48.3 Å². The predicted molar refractivity (Wildman–Crippen MR) is 108 cm³/mol. The topological polar surface area (TPSA) is 179 Å². The molecule has 0 saturated heterocycles. The molecule has 0 fully saturated rings. The minimum Gasteiger partial charge on any atom is -0.508 e. The second kappa shape index (κ2) is 11.8. The summed E-state index contributed by atoms with van der Waals surface area (Å²) in [6.07, 6.45) is 0.00278. The number of carboxylic acid groups (broad SMARTS) is 2. The Labute approximate surface area is 174 Å². The first-order valence-corrected chi connectivity index (χ1v) is 9.64. The molecule has 0 bridgehead atoms. The molecule has 0 heterocycles. The summed E-state index contributed by atoms with van der Waals surface area (Å²) in [6, 6.07) is 2.82. The molecule has 10 nitrogen and oxygen atoms in total. The molecule has 10 heteroatoms. The van der Waals surface area contributed by atoms with E-state index in [0.717, 1.165) is 5.56 Å². The summed E-state index contributed by atoms with van der Waals surface area (Å²) in [5, 5.41) is 32.2. The van der Waals surface area contributed by atoms with Crippen molar-refractivity contribution in [2.24, 2.45) is 11.7 Å². The molecule has 4 unspecified atom stereocenters. The maximum Gasteiger partial charge on any atom is 0.326 e. The first-order valence-electron chi connectivity index (χ1n) is 9.64. The number of hydrogen-bond acceptors (Lipinski definition) is 6. The average molecular weight is 423 g/mol. The van der Waals surface area contributed by atoms with Crippen LogP contribution in [0.3, 0.4) is 0 Å². The van der Waals surface area contributed by atoms with Gasteiger partial charge in [-0.05, 0) is 36.5 Å². The van der Waals surface area contributed by atoms with Crippen molar-refractivity contribution in [3.8, 4) is 5.75 Å². The highest BCUT2D eigenvalue weighted by atomic mass is 16.4. The van der Waals surface area contributed by atoms with Crippen LogP contribution in [0.25, 0.3) is 0 Å². The van der Waals surface area contributed by atoms with Gasteiger partial charge in [0.25, 0.3) is 0 Å². The van der Waals surface area contributed by atoms with Crippen molar-refractivity contribution in [3.05, 3.63) is 29.8 Å². The summed E-state index contributed by atoms with van der Waals surface area (Å²) in [5.74, 6) is -4.07. The number of carbonyl (C=O) groups is 4. The smallest absolute Gasteiger partial charge is 0.326 e. The minimum absolute atomic E-state index is 0.0844. The van der Waals surface area contributed by atoms with E-state index in [1.165, 1.54) is 12.1 Å². The first kappa shape index (κ1) is 24.9. The highest BCUT2D eigenvalue weighted by Crippen LogP contribution is 2.12. The van der Waals surface area contributed by atoms with E-state index in [9.17, 15) is 29.4 Å². The van der Waals surface area contributed by atoms with Gasteiger partial charge in [0.2, 0.25) is 11.8 Å². The molecule has 166 valence electrons. The zero-order valence-corrected chi connectivity index (χ0v) is 17.0. The van der Waals surface area contributed by atoms with E-state index in [1.807, 2.05) is 6.92 Å². The fraction of sp³-hybridized carbons (Fsp3) is 0.500. The lowest BCUT2D eigenvalue weighted by atomic mass is 9.96. The summed E-state index contributed by atoms with van der Waals surface area (Å²) in [4.78, 5) is 47.2. The van der Waals surface area contributed by atoms with Crippen molar-refractivity contribution < 1.29 is 34.5 Å². The van der Waals surface area contributed by atoms with Gasteiger partial charge in [-0.1, -0.05) is 32.4 Å². The SMILES string of the molecule is CCC(C)C(NC(=O)C(N)Cc1ccc(O)cc1)C(=O)NC(CCC(=O)O)C(=O)O. The number of carbonyl (C=O) groups excluding carboxylic acids is 2. The maximum absolute atomic E-state index is 12.7. The van der Waals surface area contributed by atoms with Crippen LogP contribution in [0.2, 0.25) is 0 Å². The molecule has 4 atom stereocenters. The van der Waals surface area contributed by atoms with Crippen molar-refractivity contribution in [1.29, 1.82) is 0 Å². The largest absolute Gasteiger partial charge is 0.508 e. The average Bonchev–Trinajstić information content (AvgIpc) is 2.69. The van der Waals surface area contributed by atoms with E-state index in [-0.39, 0.29) is 24.5 Å². The number of aromatic hydroxyl groups is 1. The Morgan fingerprint density at radius 2 is 1.63 bits per heavy atom. The van der Waals surface area contributed by atoms with Crippen LogP contribution in [0.15, 0.2) is 24.3 Å². The standard InChI is InChI=1S/C20H29N3O7/c1-3-11(2)17(19(28)22-15(20(29)30)8-9-16(25)26)23-18(27)14(21)10-12-4-6-13(24)7-5-12/h4-7,11,14-15,17,24H,3,8-10,21H2,1-2H3,(H,22,28)(H,23,27)(H,25,26)(H,29,30). The van der Waals surface area contributed by atoms with Gasteiger partial charge < -0.3 is 31.7 Å². The molecular formula is C20H29N3O7. The molecule has 1 rings (SSSR count). The molecule has 0 spiro atoms. The van der Waals surface area contributed by atoms with Gasteiger partial charge in [0.15, 0.2) is 0 Å². The van der Waals surface area contributed by atoms with E-state index in [2.05, 4.69) is 10.6 Å². The van der Waals surface area contributed by atoms with Gasteiger partial charge in [-0.3, -0.25) is 14.4 Å². The number of nitrogens with two attached hydrogens (primary N) is 1. The third kappa shape index (κ3) is 8.08. The highest BCUT2D eigenvalue weighted by molar-refractivity contribution is 5.92. The third-order valence-corrected chi connectivity index (χ3v) is 4.78. The number of amides is 2. The first-order chi connectivity index (χ1) is 14.0. The van der Waals surface area contributed by atoms with Gasteiger partial charge in [0.05, 0.1) is 6.04 Å². The Balaban J connectivity index is 2.82. The number of phenols is 1. The van der Waals surface area contributed by atoms with Crippen LogP contribution in [0.5, 0.6) is 5.75 Å². The molecule has 1 aromatic rings. The Morgan fingerprint density at radius 1 is 1.03 bits per heavy atom. The molecule has 0 aliphatic rings. The number of carboxylic acids is 2. The Morgan fingerprint density at radius 3 is 2.13 bits per heavy atom. The van der Waals surface area contributed by atoms with Crippen LogP contribution in [-0.4, -0.2) is 57.2 Å². The molecule has 0 aromatic heterocycles.